The van der Waals surface area contributed by atoms with Crippen LogP contribution in [0.3, 0.4) is 0 Å². The zero-order valence-electron chi connectivity index (χ0n) is 18.8. The van der Waals surface area contributed by atoms with E-state index in [0.717, 1.165) is 11.3 Å². The molecule has 0 fully saturated rings. The molecule has 2 aromatic carbocycles. The number of fused-ring (bicyclic) bond motifs is 2. The highest BCUT2D eigenvalue weighted by Gasteiger charge is 2.45. The third kappa shape index (κ3) is 4.26. The van der Waals surface area contributed by atoms with Crippen LogP contribution in [-0.2, 0) is 10.5 Å². The Morgan fingerprint density at radius 1 is 1.15 bits per heavy atom. The van der Waals surface area contributed by atoms with E-state index in [9.17, 15) is 14.7 Å². The summed E-state index contributed by atoms with van der Waals surface area (Å²) in [6.07, 6.45) is 2.45. The van der Waals surface area contributed by atoms with Gasteiger partial charge in [0.05, 0.1) is 11.5 Å². The molecule has 5 rings (SSSR count). The Labute approximate surface area is 206 Å². The molecule has 0 unspecified atom stereocenters. The number of aromatic nitrogens is 2. The third-order valence-electron chi connectivity index (χ3n) is 6.25. The van der Waals surface area contributed by atoms with Crippen molar-refractivity contribution in [2.45, 2.75) is 37.1 Å². The zero-order chi connectivity index (χ0) is 24.0. The summed E-state index contributed by atoms with van der Waals surface area (Å²) in [5.74, 6) is 0.0538. The van der Waals surface area contributed by atoms with Gasteiger partial charge in [0, 0.05) is 28.8 Å². The van der Waals surface area contributed by atoms with E-state index >= 15 is 0 Å². The number of nitrogens with zero attached hydrogens (tertiary/aromatic N) is 1. The normalized spacial score (nSPS) is 20.7. The predicted octanol–water partition coefficient (Wildman–Crippen LogP) is 5.48. The average Bonchev–Trinajstić information content (AvgIpc) is 2.76. The standard InChI is InChI=1S/C26H24ClN3O3S/c1-26(2)11-18-21(19(32)12-26)20(14-7-5-8-16(31)10-14)22-23(28-18)29-25(30-24(22)33)34-13-15-6-3-4-9-17(15)27/h3-11,20-21,31H,12-13H2,1-2H3,(H2,28,29,30,33)/t20-,21-/m1/s1. The van der Waals surface area contributed by atoms with E-state index in [1.165, 1.54) is 11.8 Å². The average molecular weight is 494 g/mol. The van der Waals surface area contributed by atoms with Gasteiger partial charge in [-0.1, -0.05) is 73.6 Å². The maximum absolute atomic E-state index is 13.4. The van der Waals surface area contributed by atoms with Gasteiger partial charge in [-0.05, 0) is 34.7 Å². The summed E-state index contributed by atoms with van der Waals surface area (Å²) in [5, 5.41) is 14.5. The van der Waals surface area contributed by atoms with Gasteiger partial charge in [0.2, 0.25) is 0 Å². The molecule has 0 saturated carbocycles. The Kier molecular flexibility index (Phi) is 5.78. The molecule has 2 heterocycles. The lowest BCUT2D eigenvalue weighted by molar-refractivity contribution is -0.124. The molecule has 34 heavy (non-hydrogen) atoms. The molecule has 0 radical (unpaired) electrons. The molecule has 1 aliphatic carbocycles. The fourth-order valence-corrected chi connectivity index (χ4v) is 5.98. The van der Waals surface area contributed by atoms with E-state index in [-0.39, 0.29) is 22.5 Å². The van der Waals surface area contributed by atoms with Crippen molar-refractivity contribution < 1.29 is 9.90 Å². The predicted molar refractivity (Wildman–Crippen MR) is 134 cm³/mol. The van der Waals surface area contributed by atoms with Crippen molar-refractivity contribution in [2.75, 3.05) is 5.32 Å². The second-order valence-electron chi connectivity index (χ2n) is 9.42. The molecule has 1 aliphatic heterocycles. The van der Waals surface area contributed by atoms with Gasteiger partial charge in [0.25, 0.3) is 5.56 Å². The lowest BCUT2D eigenvalue weighted by atomic mass is 9.67. The van der Waals surface area contributed by atoms with Crippen LogP contribution in [0.2, 0.25) is 5.02 Å². The number of ketones is 1. The van der Waals surface area contributed by atoms with E-state index in [4.69, 9.17) is 16.6 Å². The summed E-state index contributed by atoms with van der Waals surface area (Å²) in [6.45, 7) is 4.04. The zero-order valence-corrected chi connectivity index (χ0v) is 20.3. The topological polar surface area (TPSA) is 95.1 Å². The second kappa shape index (κ2) is 8.64. The quantitative estimate of drug-likeness (QED) is 0.329. The number of allylic oxidation sites excluding steroid dienone is 2. The maximum Gasteiger partial charge on any atom is 0.257 e. The molecule has 8 heteroatoms. The number of nitrogens with one attached hydrogen (secondary N) is 2. The van der Waals surface area contributed by atoms with Crippen molar-refractivity contribution in [3.05, 3.63) is 92.4 Å². The number of phenols is 1. The van der Waals surface area contributed by atoms with Crippen molar-refractivity contribution >= 4 is 35.0 Å². The number of carbonyl (C=O) groups excluding carboxylic acids is 1. The van der Waals surface area contributed by atoms with Crippen molar-refractivity contribution in [3.8, 4) is 5.75 Å². The van der Waals surface area contributed by atoms with Gasteiger partial charge in [-0.15, -0.1) is 0 Å². The highest BCUT2D eigenvalue weighted by Crippen LogP contribution is 2.48. The van der Waals surface area contributed by atoms with Crippen molar-refractivity contribution in [1.29, 1.82) is 0 Å². The van der Waals surface area contributed by atoms with E-state index < -0.39 is 11.8 Å². The van der Waals surface area contributed by atoms with Gasteiger partial charge in [-0.2, -0.15) is 0 Å². The fraction of sp³-hybridized carbons (Fsp3) is 0.269. The number of thioether (sulfide) groups is 1. The number of aromatic amines is 1. The molecule has 0 bridgehead atoms. The summed E-state index contributed by atoms with van der Waals surface area (Å²) in [7, 11) is 0. The van der Waals surface area contributed by atoms with Gasteiger partial charge < -0.3 is 15.4 Å². The number of rotatable bonds is 4. The summed E-state index contributed by atoms with van der Waals surface area (Å²) in [5.41, 5.74) is 2.20. The highest BCUT2D eigenvalue weighted by molar-refractivity contribution is 7.98. The molecule has 0 amide bonds. The first-order chi connectivity index (χ1) is 16.2. The molecule has 3 N–H and O–H groups in total. The van der Waals surface area contributed by atoms with Crippen LogP contribution in [0.5, 0.6) is 5.75 Å². The van der Waals surface area contributed by atoms with E-state index in [1.807, 2.05) is 44.2 Å². The first-order valence-electron chi connectivity index (χ1n) is 11.0. The minimum Gasteiger partial charge on any atom is -0.508 e. The molecular weight excluding hydrogens is 470 g/mol. The molecule has 2 aliphatic rings. The number of carbonyl (C=O) groups is 1. The lowest BCUT2D eigenvalue weighted by Gasteiger charge is -2.40. The first kappa shape index (κ1) is 22.7. The van der Waals surface area contributed by atoms with Gasteiger partial charge in [-0.3, -0.25) is 9.59 Å². The van der Waals surface area contributed by atoms with Crippen LogP contribution in [0.15, 0.2) is 70.3 Å². The minimum absolute atomic E-state index is 0.0607. The number of halogens is 1. The molecule has 0 spiro atoms. The second-order valence-corrected chi connectivity index (χ2v) is 10.8. The Bertz CT molecular complexity index is 1380. The number of aromatic hydroxyl groups is 1. The molecule has 6 nitrogen and oxygen atoms in total. The van der Waals surface area contributed by atoms with Crippen LogP contribution in [0.25, 0.3) is 0 Å². The van der Waals surface area contributed by atoms with Crippen molar-refractivity contribution in [2.24, 2.45) is 11.3 Å². The highest BCUT2D eigenvalue weighted by atomic mass is 35.5. The number of Topliss-reactive ketones (excluding diaryl/α,β-unsaturated/α-hetero) is 1. The van der Waals surface area contributed by atoms with Crippen molar-refractivity contribution in [3.63, 3.8) is 0 Å². The summed E-state index contributed by atoms with van der Waals surface area (Å²) < 4.78 is 0. The Balaban J connectivity index is 1.60. The number of hydrogen-bond donors (Lipinski definition) is 3. The van der Waals surface area contributed by atoms with Gasteiger partial charge in [0.15, 0.2) is 5.16 Å². The molecule has 1 aromatic heterocycles. The summed E-state index contributed by atoms with van der Waals surface area (Å²) >= 11 is 7.66. The van der Waals surface area contributed by atoms with Gasteiger partial charge in [-0.25, -0.2) is 4.98 Å². The third-order valence-corrected chi connectivity index (χ3v) is 7.54. The first-order valence-corrected chi connectivity index (χ1v) is 12.4. The van der Waals surface area contributed by atoms with Gasteiger partial charge in [0.1, 0.15) is 17.4 Å². The number of phenolic OH excluding ortho intramolecular Hbond substituents is 1. The molecule has 0 saturated heterocycles. The summed E-state index contributed by atoms with van der Waals surface area (Å²) in [6, 6.07) is 14.3. The Morgan fingerprint density at radius 3 is 2.71 bits per heavy atom. The van der Waals surface area contributed by atoms with Crippen LogP contribution < -0.4 is 10.9 Å². The van der Waals surface area contributed by atoms with E-state index in [2.05, 4.69) is 16.4 Å². The minimum atomic E-state index is -0.544. The number of benzene rings is 2. The Morgan fingerprint density at radius 2 is 1.94 bits per heavy atom. The summed E-state index contributed by atoms with van der Waals surface area (Å²) in [4.78, 5) is 34.3. The van der Waals surface area contributed by atoms with Crippen molar-refractivity contribution in [1.82, 2.24) is 9.97 Å². The van der Waals surface area contributed by atoms with Crippen LogP contribution in [0.1, 0.15) is 42.9 Å². The molecular formula is C26H24ClN3O3S. The molecule has 3 aromatic rings. The maximum atomic E-state index is 13.4. The van der Waals surface area contributed by atoms with Crippen LogP contribution >= 0.6 is 23.4 Å². The largest absolute Gasteiger partial charge is 0.508 e. The molecule has 2 atom stereocenters. The number of H-pyrrole nitrogens is 1. The monoisotopic (exact) mass is 493 g/mol. The number of hydrogen-bond acceptors (Lipinski definition) is 6. The Hall–Kier alpha value is -3.03. The van der Waals surface area contributed by atoms with Gasteiger partial charge >= 0.3 is 0 Å². The van der Waals surface area contributed by atoms with Crippen LogP contribution in [-0.4, -0.2) is 20.9 Å². The lowest BCUT2D eigenvalue weighted by Crippen LogP contribution is -2.41. The van der Waals surface area contributed by atoms with E-state index in [1.54, 1.807) is 18.2 Å². The molecule has 174 valence electrons. The smallest absolute Gasteiger partial charge is 0.257 e. The van der Waals surface area contributed by atoms with Crippen LogP contribution in [0, 0.1) is 11.3 Å². The number of anilines is 1. The van der Waals surface area contributed by atoms with Crippen LogP contribution in [0.4, 0.5) is 5.82 Å². The SMILES string of the molecule is CC1(C)C=C2Nc3nc(SCc4ccccc4Cl)[nH]c(=O)c3[C@H](c3cccc(O)c3)[C@H]2C(=O)C1. The van der Waals surface area contributed by atoms with E-state index in [0.29, 0.717) is 39.3 Å². The fourth-order valence-electron chi connectivity index (χ4n) is 4.83.